The van der Waals surface area contributed by atoms with Gasteiger partial charge in [-0.15, -0.1) is 0 Å². The summed E-state index contributed by atoms with van der Waals surface area (Å²) >= 11 is 5.62. The molecule has 2 amide bonds. The maximum Gasteiger partial charge on any atom is 0.251 e. The topological polar surface area (TPSA) is 113 Å². The maximum atomic E-state index is 11.5. The van der Waals surface area contributed by atoms with Gasteiger partial charge in [0.15, 0.2) is 0 Å². The highest BCUT2D eigenvalue weighted by Crippen LogP contribution is 2.23. The van der Waals surface area contributed by atoms with Gasteiger partial charge in [0.2, 0.25) is 5.91 Å². The van der Waals surface area contributed by atoms with Gasteiger partial charge in [0.25, 0.3) is 5.91 Å². The molecule has 5 N–H and O–H groups in total. The van der Waals surface area contributed by atoms with E-state index in [1.807, 2.05) is 0 Å². The molecule has 7 heteroatoms. The number of amides is 2. The number of hydrogen-bond donors (Lipinski definition) is 4. The van der Waals surface area contributed by atoms with Crippen LogP contribution in [-0.4, -0.2) is 34.7 Å². The average molecular weight is 259 g/mol. The molecular weight excluding hydrogens is 248 g/mol. The first-order chi connectivity index (χ1) is 7.91. The molecule has 0 radical (unpaired) electrons. The quantitative estimate of drug-likeness (QED) is 0.590. The minimum absolute atomic E-state index is 0.0353. The van der Waals surface area contributed by atoms with Crippen LogP contribution in [0, 0.1) is 0 Å². The number of nitrogens with two attached hydrogens (primary N) is 1. The number of carbonyl (C=O) groups excluding carboxylic acids is 2. The van der Waals surface area contributed by atoms with Crippen molar-refractivity contribution >= 4 is 23.4 Å². The predicted molar refractivity (Wildman–Crippen MR) is 60.7 cm³/mol. The highest BCUT2D eigenvalue weighted by molar-refractivity contribution is 6.32. The van der Waals surface area contributed by atoms with Gasteiger partial charge in [-0.2, -0.15) is 0 Å². The van der Waals surface area contributed by atoms with Crippen molar-refractivity contribution in [2.75, 3.05) is 6.54 Å². The molecule has 1 rings (SSSR count). The Balaban J connectivity index is 2.64. The molecule has 1 aromatic rings. The van der Waals surface area contributed by atoms with E-state index in [9.17, 15) is 9.59 Å². The minimum atomic E-state index is -1.44. The summed E-state index contributed by atoms with van der Waals surface area (Å²) in [6.07, 6.45) is -1.44. The lowest BCUT2D eigenvalue weighted by atomic mass is 10.2. The molecule has 17 heavy (non-hydrogen) atoms. The summed E-state index contributed by atoms with van der Waals surface area (Å²) < 4.78 is 0. The number of phenols is 1. The fourth-order valence-electron chi connectivity index (χ4n) is 1.04. The first-order valence-corrected chi connectivity index (χ1v) is 5.03. The third-order valence-corrected chi connectivity index (χ3v) is 2.30. The van der Waals surface area contributed by atoms with Crippen LogP contribution in [0.1, 0.15) is 10.4 Å². The van der Waals surface area contributed by atoms with Crippen LogP contribution >= 0.6 is 11.6 Å². The van der Waals surface area contributed by atoms with E-state index in [0.717, 1.165) is 0 Å². The molecule has 1 atom stereocenters. The molecule has 0 aliphatic carbocycles. The lowest BCUT2D eigenvalue weighted by Gasteiger charge is -2.08. The molecule has 0 spiro atoms. The molecule has 0 aliphatic rings. The number of phenolic OH excluding ortho intramolecular Hbond substituents is 1. The fourth-order valence-corrected chi connectivity index (χ4v) is 1.22. The van der Waals surface area contributed by atoms with Crippen molar-refractivity contribution in [1.29, 1.82) is 0 Å². The van der Waals surface area contributed by atoms with Crippen molar-refractivity contribution < 1.29 is 19.8 Å². The Morgan fingerprint density at radius 2 is 2.12 bits per heavy atom. The van der Waals surface area contributed by atoms with Gasteiger partial charge < -0.3 is 21.3 Å². The van der Waals surface area contributed by atoms with Crippen LogP contribution in [-0.2, 0) is 4.79 Å². The number of aliphatic hydroxyl groups is 1. The highest BCUT2D eigenvalue weighted by atomic mass is 35.5. The molecule has 0 aliphatic heterocycles. The number of aromatic hydroxyl groups is 1. The zero-order chi connectivity index (χ0) is 13.0. The van der Waals surface area contributed by atoms with Crippen molar-refractivity contribution in [1.82, 2.24) is 5.32 Å². The number of primary amides is 1. The van der Waals surface area contributed by atoms with Crippen LogP contribution in [0.3, 0.4) is 0 Å². The monoisotopic (exact) mass is 258 g/mol. The molecule has 0 bridgehead atoms. The molecule has 0 fully saturated rings. The molecule has 0 heterocycles. The van der Waals surface area contributed by atoms with Gasteiger partial charge in [0.1, 0.15) is 11.9 Å². The van der Waals surface area contributed by atoms with Gasteiger partial charge in [0, 0.05) is 5.56 Å². The van der Waals surface area contributed by atoms with Crippen molar-refractivity contribution in [3.63, 3.8) is 0 Å². The first-order valence-electron chi connectivity index (χ1n) is 4.66. The number of halogens is 1. The smallest absolute Gasteiger partial charge is 0.251 e. The second-order valence-electron chi connectivity index (χ2n) is 3.29. The van der Waals surface area contributed by atoms with E-state index in [4.69, 9.17) is 27.5 Å². The van der Waals surface area contributed by atoms with Crippen molar-refractivity contribution in [2.45, 2.75) is 6.10 Å². The third-order valence-electron chi connectivity index (χ3n) is 1.99. The Kier molecular flexibility index (Phi) is 4.30. The summed E-state index contributed by atoms with van der Waals surface area (Å²) in [4.78, 5) is 22.0. The van der Waals surface area contributed by atoms with Gasteiger partial charge >= 0.3 is 0 Å². The van der Waals surface area contributed by atoms with Crippen molar-refractivity contribution in [3.8, 4) is 5.75 Å². The third kappa shape index (κ3) is 3.61. The summed E-state index contributed by atoms with van der Waals surface area (Å²) in [6, 6.07) is 3.89. The van der Waals surface area contributed by atoms with E-state index in [1.165, 1.54) is 18.2 Å². The molecule has 1 unspecified atom stereocenters. The molecule has 0 saturated heterocycles. The Hall–Kier alpha value is -1.79. The number of rotatable bonds is 4. The van der Waals surface area contributed by atoms with Crippen molar-refractivity contribution in [3.05, 3.63) is 28.8 Å². The van der Waals surface area contributed by atoms with Crippen LogP contribution < -0.4 is 11.1 Å². The predicted octanol–water partition coefficient (Wildman–Crippen LogP) is -0.378. The van der Waals surface area contributed by atoms with E-state index >= 15 is 0 Å². The number of nitrogens with one attached hydrogen (secondary N) is 1. The normalized spacial score (nSPS) is 11.9. The van der Waals surface area contributed by atoms with Crippen LogP contribution in [0.25, 0.3) is 0 Å². The van der Waals surface area contributed by atoms with E-state index < -0.39 is 17.9 Å². The molecule has 92 valence electrons. The number of hydrogen-bond acceptors (Lipinski definition) is 4. The van der Waals surface area contributed by atoms with Gasteiger partial charge in [-0.25, -0.2) is 0 Å². The summed E-state index contributed by atoms with van der Waals surface area (Å²) in [7, 11) is 0. The zero-order valence-electron chi connectivity index (χ0n) is 8.68. The van der Waals surface area contributed by atoms with E-state index in [2.05, 4.69) is 5.32 Å². The Morgan fingerprint density at radius 1 is 1.47 bits per heavy atom. The van der Waals surface area contributed by atoms with E-state index in [0.29, 0.717) is 0 Å². The number of aliphatic hydroxyl groups excluding tert-OH is 1. The Labute approximate surface area is 102 Å². The van der Waals surface area contributed by atoms with Crippen molar-refractivity contribution in [2.24, 2.45) is 5.73 Å². The summed E-state index contributed by atoms with van der Waals surface area (Å²) in [5.41, 5.74) is 5.01. The minimum Gasteiger partial charge on any atom is -0.506 e. The number of carbonyl (C=O) groups is 2. The first kappa shape index (κ1) is 13.3. The van der Waals surface area contributed by atoms with Gasteiger partial charge in [0.05, 0.1) is 11.6 Å². The number of benzene rings is 1. The van der Waals surface area contributed by atoms with Crippen LogP contribution in [0.4, 0.5) is 0 Å². The molecule has 1 aromatic carbocycles. The highest BCUT2D eigenvalue weighted by Gasteiger charge is 2.13. The Bertz CT molecular complexity index is 450. The largest absolute Gasteiger partial charge is 0.506 e. The van der Waals surface area contributed by atoms with E-state index in [-0.39, 0.29) is 22.9 Å². The van der Waals surface area contributed by atoms with Crippen LogP contribution in [0.15, 0.2) is 18.2 Å². The lowest BCUT2D eigenvalue weighted by molar-refractivity contribution is -0.125. The SMILES string of the molecule is NC(=O)C(O)CNC(=O)c1ccc(O)c(Cl)c1. The van der Waals surface area contributed by atoms with Gasteiger partial charge in [-0.1, -0.05) is 11.6 Å². The summed E-state index contributed by atoms with van der Waals surface area (Å²) in [5, 5.41) is 20.5. The Morgan fingerprint density at radius 3 is 2.65 bits per heavy atom. The molecule has 0 saturated carbocycles. The molecular formula is C10H11ClN2O4. The average Bonchev–Trinajstić information content (AvgIpc) is 2.28. The van der Waals surface area contributed by atoms with Crippen LogP contribution in [0.5, 0.6) is 5.75 Å². The van der Waals surface area contributed by atoms with Gasteiger partial charge in [-0.05, 0) is 18.2 Å². The lowest BCUT2D eigenvalue weighted by Crippen LogP contribution is -2.39. The summed E-state index contributed by atoms with van der Waals surface area (Å²) in [6.45, 7) is -0.285. The second-order valence-corrected chi connectivity index (χ2v) is 3.70. The van der Waals surface area contributed by atoms with E-state index in [1.54, 1.807) is 0 Å². The van der Waals surface area contributed by atoms with Crippen LogP contribution in [0.2, 0.25) is 5.02 Å². The second kappa shape index (κ2) is 5.51. The fraction of sp³-hybridized carbons (Fsp3) is 0.200. The molecule has 0 aromatic heterocycles. The maximum absolute atomic E-state index is 11.5. The summed E-state index contributed by atoms with van der Waals surface area (Å²) in [5.74, 6) is -1.60. The standard InChI is InChI=1S/C10H11ClN2O4/c11-6-3-5(1-2-7(6)14)10(17)13-4-8(15)9(12)16/h1-3,8,14-15H,4H2,(H2,12,16)(H,13,17). The zero-order valence-corrected chi connectivity index (χ0v) is 9.44. The molecule has 6 nitrogen and oxygen atoms in total. The van der Waals surface area contributed by atoms with Gasteiger partial charge in [-0.3, -0.25) is 9.59 Å².